The van der Waals surface area contributed by atoms with Gasteiger partial charge in [0, 0.05) is 6.04 Å². The summed E-state index contributed by atoms with van der Waals surface area (Å²) in [6, 6.07) is 7.09. The zero-order valence-corrected chi connectivity index (χ0v) is 11.6. The molecular formula is C16H25N. The van der Waals surface area contributed by atoms with Crippen molar-refractivity contribution in [2.45, 2.75) is 58.9 Å². The highest BCUT2D eigenvalue weighted by Crippen LogP contribution is 2.56. The molecule has 0 aliphatic heterocycles. The van der Waals surface area contributed by atoms with Crippen LogP contribution >= 0.6 is 0 Å². The molecule has 0 amide bonds. The zero-order valence-electron chi connectivity index (χ0n) is 11.6. The summed E-state index contributed by atoms with van der Waals surface area (Å²) >= 11 is 0. The molecule has 0 heterocycles. The predicted molar refractivity (Wildman–Crippen MR) is 74.3 cm³/mol. The minimum absolute atomic E-state index is 0.346. The van der Waals surface area contributed by atoms with Crippen molar-refractivity contribution in [3.8, 4) is 0 Å². The molecule has 2 N–H and O–H groups in total. The van der Waals surface area contributed by atoms with Crippen LogP contribution in [0.25, 0.3) is 0 Å². The van der Waals surface area contributed by atoms with E-state index in [1.165, 1.54) is 29.5 Å². The number of hydrogen-bond acceptors (Lipinski definition) is 1. The third-order valence-corrected chi connectivity index (χ3v) is 5.26. The zero-order chi connectivity index (χ0) is 12.6. The largest absolute Gasteiger partial charge is 0.327 e. The molecule has 0 aromatic heterocycles. The van der Waals surface area contributed by atoms with Gasteiger partial charge in [-0.25, -0.2) is 0 Å². The lowest BCUT2D eigenvalue weighted by Crippen LogP contribution is -2.56. The van der Waals surface area contributed by atoms with Crippen molar-refractivity contribution in [2.24, 2.45) is 11.1 Å². The van der Waals surface area contributed by atoms with Gasteiger partial charge in [0.25, 0.3) is 0 Å². The van der Waals surface area contributed by atoms with Gasteiger partial charge in [0.05, 0.1) is 0 Å². The standard InChI is InChI=1S/C16H25N/c1-5-16(6-2)14(10-15(16)17)13-9-7-8-11(3)12(13)4/h7-9,14-15H,5-6,10,17H2,1-4H3. The van der Waals surface area contributed by atoms with E-state index in [0.29, 0.717) is 17.4 Å². The van der Waals surface area contributed by atoms with Gasteiger partial charge in [-0.3, -0.25) is 0 Å². The molecular weight excluding hydrogens is 206 g/mol. The Kier molecular flexibility index (Phi) is 3.31. The maximum absolute atomic E-state index is 6.29. The molecule has 1 aromatic carbocycles. The summed E-state index contributed by atoms with van der Waals surface area (Å²) in [4.78, 5) is 0. The van der Waals surface area contributed by atoms with Crippen molar-refractivity contribution in [3.63, 3.8) is 0 Å². The highest BCUT2D eigenvalue weighted by Gasteiger charge is 2.51. The maximum Gasteiger partial charge on any atom is 0.0107 e. The van der Waals surface area contributed by atoms with Gasteiger partial charge in [0.2, 0.25) is 0 Å². The fraction of sp³-hybridized carbons (Fsp3) is 0.625. The van der Waals surface area contributed by atoms with E-state index in [4.69, 9.17) is 5.73 Å². The summed E-state index contributed by atoms with van der Waals surface area (Å²) in [5.41, 5.74) is 11.1. The van der Waals surface area contributed by atoms with Crippen LogP contribution in [0.15, 0.2) is 18.2 Å². The van der Waals surface area contributed by atoms with Crippen molar-refractivity contribution in [1.82, 2.24) is 0 Å². The third-order valence-electron chi connectivity index (χ3n) is 5.26. The Morgan fingerprint density at radius 1 is 1.24 bits per heavy atom. The average molecular weight is 231 g/mol. The monoisotopic (exact) mass is 231 g/mol. The molecule has 2 atom stereocenters. The van der Waals surface area contributed by atoms with Crippen LogP contribution in [0, 0.1) is 19.3 Å². The number of hydrogen-bond donors (Lipinski definition) is 1. The van der Waals surface area contributed by atoms with Gasteiger partial charge in [-0.15, -0.1) is 0 Å². The van der Waals surface area contributed by atoms with Gasteiger partial charge >= 0.3 is 0 Å². The van der Waals surface area contributed by atoms with Crippen LogP contribution in [0.5, 0.6) is 0 Å². The Bertz CT molecular complexity index is 404. The Labute approximate surface area is 105 Å². The highest BCUT2D eigenvalue weighted by atomic mass is 14.8. The van der Waals surface area contributed by atoms with Crippen molar-refractivity contribution in [2.75, 3.05) is 0 Å². The fourth-order valence-corrected chi connectivity index (χ4v) is 3.68. The fourth-order valence-electron chi connectivity index (χ4n) is 3.68. The Morgan fingerprint density at radius 3 is 2.41 bits per heavy atom. The van der Waals surface area contributed by atoms with Crippen LogP contribution in [-0.2, 0) is 0 Å². The van der Waals surface area contributed by atoms with Gasteiger partial charge in [-0.2, -0.15) is 0 Å². The summed E-state index contributed by atoms with van der Waals surface area (Å²) in [5, 5.41) is 0. The van der Waals surface area contributed by atoms with Crippen molar-refractivity contribution >= 4 is 0 Å². The summed E-state index contributed by atoms with van der Waals surface area (Å²) in [6.07, 6.45) is 3.55. The van der Waals surface area contributed by atoms with E-state index >= 15 is 0 Å². The molecule has 1 aliphatic rings. The van der Waals surface area contributed by atoms with E-state index in [9.17, 15) is 0 Å². The highest BCUT2D eigenvalue weighted by molar-refractivity contribution is 5.39. The van der Waals surface area contributed by atoms with E-state index in [0.717, 1.165) is 6.42 Å². The second kappa shape index (κ2) is 4.45. The minimum Gasteiger partial charge on any atom is -0.327 e. The normalized spacial score (nSPS) is 26.6. The van der Waals surface area contributed by atoms with Gasteiger partial charge in [0.15, 0.2) is 0 Å². The topological polar surface area (TPSA) is 26.0 Å². The minimum atomic E-state index is 0.346. The van der Waals surface area contributed by atoms with E-state index in [2.05, 4.69) is 45.9 Å². The van der Waals surface area contributed by atoms with Crippen LogP contribution in [0.4, 0.5) is 0 Å². The lowest BCUT2D eigenvalue weighted by atomic mass is 9.51. The molecule has 1 fully saturated rings. The van der Waals surface area contributed by atoms with E-state index in [1.54, 1.807) is 0 Å². The number of aryl methyl sites for hydroxylation is 1. The molecule has 1 saturated carbocycles. The lowest BCUT2D eigenvalue weighted by Gasteiger charge is -2.55. The molecule has 1 nitrogen and oxygen atoms in total. The van der Waals surface area contributed by atoms with E-state index < -0.39 is 0 Å². The maximum atomic E-state index is 6.29. The van der Waals surface area contributed by atoms with Gasteiger partial charge in [-0.1, -0.05) is 32.0 Å². The first-order chi connectivity index (χ1) is 8.06. The summed E-state index contributed by atoms with van der Waals surface area (Å²) in [7, 11) is 0. The number of benzene rings is 1. The molecule has 17 heavy (non-hydrogen) atoms. The molecule has 2 unspecified atom stereocenters. The summed E-state index contributed by atoms with van der Waals surface area (Å²) < 4.78 is 0. The Hall–Kier alpha value is -0.820. The SMILES string of the molecule is CCC1(CC)C(N)CC1c1cccc(C)c1C. The number of nitrogens with two attached hydrogens (primary N) is 1. The van der Waals surface area contributed by atoms with Crippen LogP contribution in [-0.4, -0.2) is 6.04 Å². The van der Waals surface area contributed by atoms with Gasteiger partial charge < -0.3 is 5.73 Å². The van der Waals surface area contributed by atoms with Crippen molar-refractivity contribution in [3.05, 3.63) is 34.9 Å². The Balaban J connectivity index is 2.39. The van der Waals surface area contributed by atoms with E-state index in [1.807, 2.05) is 0 Å². The molecule has 1 heteroatoms. The average Bonchev–Trinajstić information content (AvgIpc) is 2.32. The molecule has 1 aliphatic carbocycles. The molecule has 1 aromatic rings. The van der Waals surface area contributed by atoms with Crippen LogP contribution in [0.3, 0.4) is 0 Å². The van der Waals surface area contributed by atoms with Crippen LogP contribution in [0.2, 0.25) is 0 Å². The molecule has 0 bridgehead atoms. The quantitative estimate of drug-likeness (QED) is 0.838. The summed E-state index contributed by atoms with van der Waals surface area (Å²) in [5.74, 6) is 0.674. The molecule has 0 spiro atoms. The predicted octanol–water partition coefficient (Wildman–Crippen LogP) is 3.92. The van der Waals surface area contributed by atoms with Gasteiger partial charge in [-0.05, 0) is 61.1 Å². The second-order valence-corrected chi connectivity index (χ2v) is 5.62. The molecule has 0 radical (unpaired) electrons. The van der Waals surface area contributed by atoms with Crippen molar-refractivity contribution < 1.29 is 0 Å². The first kappa shape index (κ1) is 12.6. The van der Waals surface area contributed by atoms with Crippen LogP contribution < -0.4 is 5.73 Å². The molecule has 0 saturated heterocycles. The first-order valence-electron chi connectivity index (χ1n) is 6.88. The molecule has 2 rings (SSSR count). The van der Waals surface area contributed by atoms with Gasteiger partial charge in [0.1, 0.15) is 0 Å². The molecule has 94 valence electrons. The van der Waals surface area contributed by atoms with E-state index in [-0.39, 0.29) is 0 Å². The lowest BCUT2D eigenvalue weighted by molar-refractivity contribution is 0.0434. The van der Waals surface area contributed by atoms with Crippen LogP contribution in [0.1, 0.15) is 55.7 Å². The third kappa shape index (κ3) is 1.72. The van der Waals surface area contributed by atoms with Crippen molar-refractivity contribution in [1.29, 1.82) is 0 Å². The first-order valence-corrected chi connectivity index (χ1v) is 6.88. The second-order valence-electron chi connectivity index (χ2n) is 5.62. The Morgan fingerprint density at radius 2 is 1.88 bits per heavy atom. The summed E-state index contributed by atoms with van der Waals surface area (Å²) in [6.45, 7) is 9.04. The number of rotatable bonds is 3. The smallest absolute Gasteiger partial charge is 0.0107 e.